The van der Waals surface area contributed by atoms with Crippen molar-refractivity contribution in [3.63, 3.8) is 0 Å². The predicted octanol–water partition coefficient (Wildman–Crippen LogP) is 3.04. The number of ether oxygens (including phenoxy) is 2. The summed E-state index contributed by atoms with van der Waals surface area (Å²) in [5.41, 5.74) is 2.78. The Labute approximate surface area is 143 Å². The van der Waals surface area contributed by atoms with Crippen LogP contribution in [0.2, 0.25) is 0 Å². The summed E-state index contributed by atoms with van der Waals surface area (Å²) in [6, 6.07) is 13.4. The molecule has 0 N–H and O–H groups in total. The molecule has 0 bridgehead atoms. The van der Waals surface area contributed by atoms with Gasteiger partial charge in [0.1, 0.15) is 0 Å². The van der Waals surface area contributed by atoms with Gasteiger partial charge in [0.15, 0.2) is 11.5 Å². The fourth-order valence-electron chi connectivity index (χ4n) is 2.43. The number of anilines is 1. The Kier molecular flexibility index (Phi) is 5.68. The van der Waals surface area contributed by atoms with Crippen molar-refractivity contribution in [2.45, 2.75) is 6.54 Å². The molecule has 0 aliphatic rings. The summed E-state index contributed by atoms with van der Waals surface area (Å²) in [7, 11) is 8.92. The van der Waals surface area contributed by atoms with Crippen LogP contribution in [0.3, 0.4) is 0 Å². The summed E-state index contributed by atoms with van der Waals surface area (Å²) in [6.45, 7) is 0.543. The Hall–Kier alpha value is -2.69. The molecule has 0 atom stereocenters. The molecule has 0 unspecified atom stereocenters. The van der Waals surface area contributed by atoms with Crippen LogP contribution in [0.4, 0.5) is 5.69 Å². The maximum Gasteiger partial charge on any atom is 0.254 e. The summed E-state index contributed by atoms with van der Waals surface area (Å²) >= 11 is 0. The predicted molar refractivity (Wildman–Crippen MR) is 96.1 cm³/mol. The third-order valence-corrected chi connectivity index (χ3v) is 3.85. The van der Waals surface area contributed by atoms with E-state index < -0.39 is 0 Å². The van der Waals surface area contributed by atoms with Crippen molar-refractivity contribution in [1.29, 1.82) is 0 Å². The van der Waals surface area contributed by atoms with Crippen LogP contribution in [-0.2, 0) is 6.54 Å². The second kappa shape index (κ2) is 7.73. The van der Waals surface area contributed by atoms with Crippen molar-refractivity contribution in [2.24, 2.45) is 0 Å². The number of rotatable bonds is 6. The summed E-state index contributed by atoms with van der Waals surface area (Å²) in [5.74, 6) is 1.09. The lowest BCUT2D eigenvalue weighted by Crippen LogP contribution is -2.26. The molecule has 0 spiro atoms. The zero-order chi connectivity index (χ0) is 17.7. The molecule has 5 heteroatoms. The molecule has 0 heterocycles. The quantitative estimate of drug-likeness (QED) is 0.817. The van der Waals surface area contributed by atoms with E-state index in [0.717, 1.165) is 11.3 Å². The molecule has 0 aliphatic heterocycles. The Balaban J connectivity index is 2.11. The van der Waals surface area contributed by atoms with Gasteiger partial charge >= 0.3 is 0 Å². The van der Waals surface area contributed by atoms with Crippen molar-refractivity contribution in [3.05, 3.63) is 53.6 Å². The fourth-order valence-corrected chi connectivity index (χ4v) is 2.43. The Morgan fingerprint density at radius 1 is 0.917 bits per heavy atom. The van der Waals surface area contributed by atoms with Crippen LogP contribution in [0, 0.1) is 0 Å². The number of nitrogens with zero attached hydrogens (tertiary/aromatic N) is 2. The minimum Gasteiger partial charge on any atom is -0.493 e. The third kappa shape index (κ3) is 3.98. The van der Waals surface area contributed by atoms with Gasteiger partial charge < -0.3 is 19.3 Å². The van der Waals surface area contributed by atoms with Gasteiger partial charge in [-0.3, -0.25) is 4.79 Å². The van der Waals surface area contributed by atoms with E-state index in [4.69, 9.17) is 9.47 Å². The number of hydrogen-bond acceptors (Lipinski definition) is 4. The highest BCUT2D eigenvalue weighted by Crippen LogP contribution is 2.28. The van der Waals surface area contributed by atoms with Crippen LogP contribution in [0.5, 0.6) is 11.5 Å². The van der Waals surface area contributed by atoms with E-state index in [9.17, 15) is 4.79 Å². The smallest absolute Gasteiger partial charge is 0.254 e. The monoisotopic (exact) mass is 328 g/mol. The molecule has 2 aromatic rings. The minimum absolute atomic E-state index is 0.0624. The highest BCUT2D eigenvalue weighted by molar-refractivity contribution is 5.94. The lowest BCUT2D eigenvalue weighted by molar-refractivity contribution is 0.0784. The van der Waals surface area contributed by atoms with Crippen molar-refractivity contribution in [2.75, 3.05) is 40.3 Å². The number of methoxy groups -OCH3 is 2. The van der Waals surface area contributed by atoms with Crippen molar-refractivity contribution in [1.82, 2.24) is 4.90 Å². The van der Waals surface area contributed by atoms with E-state index in [1.54, 1.807) is 44.4 Å². The van der Waals surface area contributed by atoms with Gasteiger partial charge in [0.25, 0.3) is 5.91 Å². The summed E-state index contributed by atoms with van der Waals surface area (Å²) < 4.78 is 10.5. The average molecular weight is 328 g/mol. The molecule has 5 nitrogen and oxygen atoms in total. The van der Waals surface area contributed by atoms with Gasteiger partial charge in [-0.05, 0) is 35.9 Å². The molecule has 0 saturated carbocycles. The first-order chi connectivity index (χ1) is 11.5. The highest BCUT2D eigenvalue weighted by atomic mass is 16.5. The van der Waals surface area contributed by atoms with Crippen molar-refractivity contribution in [3.8, 4) is 11.5 Å². The van der Waals surface area contributed by atoms with Crippen LogP contribution in [0.1, 0.15) is 15.9 Å². The maximum absolute atomic E-state index is 12.6. The molecule has 128 valence electrons. The van der Waals surface area contributed by atoms with Crippen LogP contribution in [-0.4, -0.2) is 46.2 Å². The number of carbonyl (C=O) groups excluding carboxylic acids is 1. The SMILES string of the molecule is COc1ccc(C(=O)N(C)Cc2ccc(N(C)C)cc2)cc1OC. The molecule has 0 saturated heterocycles. The molecular weight excluding hydrogens is 304 g/mol. The van der Waals surface area contributed by atoms with Gasteiger partial charge in [-0.1, -0.05) is 12.1 Å². The van der Waals surface area contributed by atoms with Gasteiger partial charge in [0.05, 0.1) is 14.2 Å². The van der Waals surface area contributed by atoms with Gasteiger partial charge in [-0.15, -0.1) is 0 Å². The number of benzene rings is 2. The lowest BCUT2D eigenvalue weighted by Gasteiger charge is -2.19. The van der Waals surface area contributed by atoms with E-state index in [2.05, 4.69) is 0 Å². The van der Waals surface area contributed by atoms with Crippen LogP contribution in [0.15, 0.2) is 42.5 Å². The molecule has 0 fully saturated rings. The number of hydrogen-bond donors (Lipinski definition) is 0. The number of carbonyl (C=O) groups is 1. The lowest BCUT2D eigenvalue weighted by atomic mass is 10.1. The number of amides is 1. The molecule has 1 amide bonds. The Morgan fingerprint density at radius 3 is 2.08 bits per heavy atom. The zero-order valence-corrected chi connectivity index (χ0v) is 14.9. The summed E-state index contributed by atoms with van der Waals surface area (Å²) in [6.07, 6.45) is 0. The van der Waals surface area contributed by atoms with E-state index in [1.165, 1.54) is 0 Å². The van der Waals surface area contributed by atoms with E-state index >= 15 is 0 Å². The van der Waals surface area contributed by atoms with E-state index in [1.807, 2.05) is 43.3 Å². The molecule has 0 aromatic heterocycles. The molecule has 0 aliphatic carbocycles. The second-order valence-corrected chi connectivity index (χ2v) is 5.79. The van der Waals surface area contributed by atoms with Crippen molar-refractivity contribution >= 4 is 11.6 Å². The first-order valence-electron chi connectivity index (χ1n) is 7.70. The highest BCUT2D eigenvalue weighted by Gasteiger charge is 2.15. The Morgan fingerprint density at radius 2 is 1.54 bits per heavy atom. The average Bonchev–Trinajstić information content (AvgIpc) is 2.60. The summed E-state index contributed by atoms with van der Waals surface area (Å²) in [4.78, 5) is 16.3. The third-order valence-electron chi connectivity index (χ3n) is 3.85. The minimum atomic E-state index is -0.0624. The molecule has 24 heavy (non-hydrogen) atoms. The van der Waals surface area contributed by atoms with Crippen LogP contribution in [0.25, 0.3) is 0 Å². The summed E-state index contributed by atoms with van der Waals surface area (Å²) in [5, 5.41) is 0. The van der Waals surface area contributed by atoms with Crippen LogP contribution >= 0.6 is 0 Å². The molecule has 2 rings (SSSR count). The first kappa shape index (κ1) is 17.7. The fraction of sp³-hybridized carbons (Fsp3) is 0.316. The molecule has 2 aromatic carbocycles. The van der Waals surface area contributed by atoms with Crippen LogP contribution < -0.4 is 14.4 Å². The zero-order valence-electron chi connectivity index (χ0n) is 14.9. The Bertz CT molecular complexity index is 696. The van der Waals surface area contributed by atoms with Crippen molar-refractivity contribution < 1.29 is 14.3 Å². The van der Waals surface area contributed by atoms with E-state index in [0.29, 0.717) is 23.6 Å². The normalized spacial score (nSPS) is 10.2. The van der Waals surface area contributed by atoms with Gasteiger partial charge in [-0.2, -0.15) is 0 Å². The molecule has 0 radical (unpaired) electrons. The first-order valence-corrected chi connectivity index (χ1v) is 7.70. The maximum atomic E-state index is 12.6. The van der Waals surface area contributed by atoms with Gasteiger partial charge in [0.2, 0.25) is 0 Å². The van der Waals surface area contributed by atoms with E-state index in [-0.39, 0.29) is 5.91 Å². The molecular formula is C19H24N2O3. The standard InChI is InChI=1S/C19H24N2O3/c1-20(2)16-9-6-14(7-10-16)13-21(3)19(22)15-8-11-17(23-4)18(12-15)24-5/h6-12H,13H2,1-5H3. The van der Waals surface area contributed by atoms with Gasteiger partial charge in [0, 0.05) is 38.9 Å². The topological polar surface area (TPSA) is 42.0 Å². The van der Waals surface area contributed by atoms with Gasteiger partial charge in [-0.25, -0.2) is 0 Å². The largest absolute Gasteiger partial charge is 0.493 e. The second-order valence-electron chi connectivity index (χ2n) is 5.79.